The van der Waals surface area contributed by atoms with Crippen LogP contribution in [0.3, 0.4) is 0 Å². The van der Waals surface area contributed by atoms with E-state index in [0.717, 1.165) is 25.8 Å². The Bertz CT molecular complexity index is 871. The summed E-state index contributed by atoms with van der Waals surface area (Å²) in [5.41, 5.74) is 0.768. The molecule has 5 nitrogen and oxygen atoms in total. The number of carbonyl (C=O) groups is 1. The second-order valence-corrected chi connectivity index (χ2v) is 7.97. The highest BCUT2D eigenvalue weighted by atomic mass is 79.9. The molecule has 2 heterocycles. The lowest BCUT2D eigenvalue weighted by molar-refractivity contribution is -0.136. The molecule has 128 valence electrons. The van der Waals surface area contributed by atoms with E-state index in [1.807, 2.05) is 41.8 Å². The molecule has 3 aromatic rings. The number of anilines is 2. The van der Waals surface area contributed by atoms with Gasteiger partial charge in [-0.15, -0.1) is 11.3 Å². The summed E-state index contributed by atoms with van der Waals surface area (Å²) >= 11 is 6.51. The van der Waals surface area contributed by atoms with Crippen molar-refractivity contribution < 1.29 is 9.90 Å². The van der Waals surface area contributed by atoms with Crippen molar-refractivity contribution in [1.29, 1.82) is 0 Å². The lowest BCUT2D eigenvalue weighted by Gasteiger charge is -2.09. The summed E-state index contributed by atoms with van der Waals surface area (Å²) in [6.07, 6.45) is 2.23. The van der Waals surface area contributed by atoms with Crippen LogP contribution in [0, 0.1) is 0 Å². The maximum Gasteiger partial charge on any atom is 0.303 e. The zero-order valence-corrected chi connectivity index (χ0v) is 16.2. The van der Waals surface area contributed by atoms with Gasteiger partial charge in [-0.05, 0) is 34.1 Å². The van der Waals surface area contributed by atoms with Crippen molar-refractivity contribution in [2.45, 2.75) is 22.6 Å². The average Bonchev–Trinajstić information content (AvgIpc) is 3.04. The number of rotatable bonds is 7. The summed E-state index contributed by atoms with van der Waals surface area (Å²) < 4.78 is 0.901. The van der Waals surface area contributed by atoms with Gasteiger partial charge in [-0.3, -0.25) is 4.79 Å². The summed E-state index contributed by atoms with van der Waals surface area (Å²) in [6.45, 7) is 0. The van der Waals surface area contributed by atoms with Crippen LogP contribution in [0.5, 0.6) is 0 Å². The lowest BCUT2D eigenvalue weighted by Crippen LogP contribution is -1.99. The standard InChI is InChI=1S/C17H14BrN3O2S2/c18-11-8-14(25-13-4-2-1-3-5-13)16(19-9-11)21-17-20-12(10-24-17)6-7-15(22)23/h1-5,8-10H,6-7H2,(H,22,23)(H,19,20,21). The van der Waals surface area contributed by atoms with Crippen molar-refractivity contribution in [3.05, 3.63) is 58.1 Å². The first kappa shape index (κ1) is 17.9. The molecule has 0 spiro atoms. The van der Waals surface area contributed by atoms with Gasteiger partial charge in [-0.25, -0.2) is 9.97 Å². The van der Waals surface area contributed by atoms with Gasteiger partial charge >= 0.3 is 5.97 Å². The molecule has 1 aromatic carbocycles. The molecule has 0 radical (unpaired) electrons. The van der Waals surface area contributed by atoms with Gasteiger partial charge < -0.3 is 10.4 Å². The van der Waals surface area contributed by atoms with Crippen molar-refractivity contribution in [3.8, 4) is 0 Å². The van der Waals surface area contributed by atoms with Crippen LogP contribution in [0.2, 0.25) is 0 Å². The number of carboxylic acid groups (broad SMARTS) is 1. The number of aryl methyl sites for hydroxylation is 1. The fourth-order valence-electron chi connectivity index (χ4n) is 2.02. The van der Waals surface area contributed by atoms with Crippen molar-refractivity contribution >= 4 is 55.9 Å². The van der Waals surface area contributed by atoms with Crippen LogP contribution in [0.1, 0.15) is 12.1 Å². The lowest BCUT2D eigenvalue weighted by atomic mass is 10.2. The normalized spacial score (nSPS) is 10.6. The second-order valence-electron chi connectivity index (χ2n) is 5.08. The number of hydrogen-bond acceptors (Lipinski definition) is 6. The van der Waals surface area contributed by atoms with Crippen molar-refractivity contribution in [3.63, 3.8) is 0 Å². The molecule has 0 aliphatic rings. The Labute approximate surface area is 161 Å². The van der Waals surface area contributed by atoms with Crippen LogP contribution in [-0.2, 0) is 11.2 Å². The van der Waals surface area contributed by atoms with Gasteiger partial charge in [0.2, 0.25) is 0 Å². The van der Waals surface area contributed by atoms with Crippen LogP contribution < -0.4 is 5.32 Å². The van der Waals surface area contributed by atoms with Gasteiger partial charge in [0, 0.05) is 27.4 Å². The quantitative estimate of drug-likeness (QED) is 0.530. The SMILES string of the molecule is O=C(O)CCc1csc(Nc2ncc(Br)cc2Sc2ccccc2)n1. The molecule has 0 aliphatic heterocycles. The average molecular weight is 436 g/mol. The topological polar surface area (TPSA) is 75.1 Å². The third-order valence-electron chi connectivity index (χ3n) is 3.16. The van der Waals surface area contributed by atoms with Crippen LogP contribution in [0.15, 0.2) is 62.2 Å². The maximum absolute atomic E-state index is 10.7. The van der Waals surface area contributed by atoms with E-state index in [0.29, 0.717) is 11.6 Å². The van der Waals surface area contributed by atoms with Gasteiger partial charge in [-0.1, -0.05) is 30.0 Å². The number of nitrogens with one attached hydrogen (secondary N) is 1. The predicted molar refractivity (Wildman–Crippen MR) is 104 cm³/mol. The van der Waals surface area contributed by atoms with Crippen molar-refractivity contribution in [2.75, 3.05) is 5.32 Å². The number of aliphatic carboxylic acids is 1. The molecule has 0 fully saturated rings. The van der Waals surface area contributed by atoms with Gasteiger partial charge in [-0.2, -0.15) is 0 Å². The fourth-order valence-corrected chi connectivity index (χ4v) is 4.18. The molecule has 0 bridgehead atoms. The Balaban J connectivity index is 1.77. The van der Waals surface area contributed by atoms with Crippen LogP contribution in [0.25, 0.3) is 0 Å². The summed E-state index contributed by atoms with van der Waals surface area (Å²) in [5.74, 6) is -0.102. The highest BCUT2D eigenvalue weighted by Crippen LogP contribution is 2.35. The number of hydrogen-bond donors (Lipinski definition) is 2. The van der Waals surface area contributed by atoms with Crippen LogP contribution >= 0.6 is 39.0 Å². The monoisotopic (exact) mass is 435 g/mol. The number of thiazole rings is 1. The van der Waals surface area contributed by atoms with Crippen LogP contribution in [0.4, 0.5) is 10.9 Å². The summed E-state index contributed by atoms with van der Waals surface area (Å²) in [7, 11) is 0. The molecule has 0 saturated carbocycles. The van der Waals surface area contributed by atoms with Gasteiger partial charge in [0.15, 0.2) is 5.13 Å². The molecule has 0 saturated heterocycles. The van der Waals surface area contributed by atoms with Crippen molar-refractivity contribution in [1.82, 2.24) is 9.97 Å². The predicted octanol–water partition coefficient (Wildman–Crippen LogP) is 5.21. The number of halogens is 1. The fraction of sp³-hybridized carbons (Fsp3) is 0.118. The first-order valence-electron chi connectivity index (χ1n) is 7.42. The summed E-state index contributed by atoms with van der Waals surface area (Å²) in [4.78, 5) is 21.6. The Morgan fingerprint density at radius 3 is 2.88 bits per heavy atom. The zero-order valence-electron chi connectivity index (χ0n) is 13.0. The van der Waals surface area contributed by atoms with Gasteiger partial charge in [0.1, 0.15) is 5.82 Å². The molecular weight excluding hydrogens is 422 g/mol. The van der Waals surface area contributed by atoms with E-state index < -0.39 is 5.97 Å². The van der Waals surface area contributed by atoms with Crippen molar-refractivity contribution in [2.24, 2.45) is 0 Å². The first-order chi connectivity index (χ1) is 12.1. The Kier molecular flexibility index (Phi) is 6.06. The number of aromatic nitrogens is 2. The molecule has 3 rings (SSSR count). The Morgan fingerprint density at radius 1 is 1.32 bits per heavy atom. The van der Waals surface area contributed by atoms with Crippen LogP contribution in [-0.4, -0.2) is 21.0 Å². The zero-order chi connectivity index (χ0) is 17.6. The molecule has 25 heavy (non-hydrogen) atoms. The maximum atomic E-state index is 10.7. The summed E-state index contributed by atoms with van der Waals surface area (Å²) in [6, 6.07) is 12.1. The number of carboxylic acids is 1. The minimum atomic E-state index is -0.821. The molecule has 0 atom stereocenters. The van der Waals surface area contributed by atoms with Gasteiger partial charge in [0.05, 0.1) is 17.0 Å². The molecule has 0 aliphatic carbocycles. The van der Waals surface area contributed by atoms with E-state index in [1.165, 1.54) is 11.3 Å². The van der Waals surface area contributed by atoms with E-state index in [-0.39, 0.29) is 6.42 Å². The highest BCUT2D eigenvalue weighted by Gasteiger charge is 2.10. The third kappa shape index (κ3) is 5.29. The number of pyridine rings is 1. The Hall–Kier alpha value is -1.90. The van der Waals surface area contributed by atoms with E-state index in [9.17, 15) is 4.79 Å². The molecular formula is C17H14BrN3O2S2. The highest BCUT2D eigenvalue weighted by molar-refractivity contribution is 9.10. The smallest absolute Gasteiger partial charge is 0.303 e. The summed E-state index contributed by atoms with van der Waals surface area (Å²) in [5, 5.41) is 14.6. The molecule has 2 aromatic heterocycles. The second kappa shape index (κ2) is 8.46. The minimum absolute atomic E-state index is 0.0782. The number of nitrogens with zero attached hydrogens (tertiary/aromatic N) is 2. The van der Waals surface area contributed by atoms with E-state index in [1.54, 1.807) is 18.0 Å². The molecule has 0 unspecified atom stereocenters. The first-order valence-corrected chi connectivity index (χ1v) is 9.91. The Morgan fingerprint density at radius 2 is 2.12 bits per heavy atom. The molecule has 8 heteroatoms. The minimum Gasteiger partial charge on any atom is -0.481 e. The van der Waals surface area contributed by atoms with E-state index >= 15 is 0 Å². The van der Waals surface area contributed by atoms with E-state index in [4.69, 9.17) is 5.11 Å². The van der Waals surface area contributed by atoms with Gasteiger partial charge in [0.25, 0.3) is 0 Å². The number of benzene rings is 1. The largest absolute Gasteiger partial charge is 0.481 e. The molecule has 2 N–H and O–H groups in total. The molecule has 0 amide bonds. The van der Waals surface area contributed by atoms with E-state index in [2.05, 4.69) is 31.2 Å². The third-order valence-corrected chi connectivity index (χ3v) is 5.44.